The van der Waals surface area contributed by atoms with E-state index in [0.717, 1.165) is 18.3 Å². The molecule has 0 atom stereocenters. The molecule has 0 N–H and O–H groups in total. The van der Waals surface area contributed by atoms with Crippen molar-refractivity contribution in [3.05, 3.63) is 29.0 Å². The predicted molar refractivity (Wildman–Crippen MR) is 70.9 cm³/mol. The number of rotatable bonds is 3. The van der Waals surface area contributed by atoms with Gasteiger partial charge in [0.05, 0.1) is 15.4 Å². The average Bonchev–Trinajstić information content (AvgIpc) is 2.25. The fourth-order valence-electron chi connectivity index (χ4n) is 1.31. The molecule has 0 aromatic heterocycles. The first kappa shape index (κ1) is 25.7. The zero-order chi connectivity index (χ0) is 16.6. The zero-order valence-corrected chi connectivity index (χ0v) is 19.1. The van der Waals surface area contributed by atoms with Crippen molar-refractivity contribution in [2.75, 3.05) is 0 Å². The quantitative estimate of drug-likeness (QED) is 0.127. The Morgan fingerprint density at radius 2 is 1.48 bits per heavy atom. The fourth-order valence-corrected chi connectivity index (χ4v) is 2.57. The Kier molecular flexibility index (Phi) is 9.79. The molecule has 0 fully saturated rings. The molecule has 1 rings (SSSR count). The molecule has 1 aromatic rings. The van der Waals surface area contributed by atoms with Gasteiger partial charge in [0.2, 0.25) is 0 Å². The van der Waals surface area contributed by atoms with Gasteiger partial charge >= 0.3 is 59.1 Å². The van der Waals surface area contributed by atoms with Crippen molar-refractivity contribution >= 4 is 26.5 Å². The van der Waals surface area contributed by atoms with E-state index < -0.39 is 35.6 Å². The van der Waals surface area contributed by atoms with Crippen molar-refractivity contribution in [3.8, 4) is 0 Å². The molecule has 0 spiro atoms. The second-order valence-corrected chi connectivity index (χ2v) is 7.96. The minimum Gasteiger partial charge on any atom is -0.744 e. The van der Waals surface area contributed by atoms with Crippen molar-refractivity contribution in [1.82, 2.24) is 0 Å². The Morgan fingerprint density at radius 1 is 1.00 bits per heavy atom. The molecule has 0 heterocycles. The van der Waals surface area contributed by atoms with E-state index in [1.54, 1.807) is 20.8 Å². The van der Waals surface area contributed by atoms with Crippen molar-refractivity contribution in [1.29, 1.82) is 0 Å². The Bertz CT molecular complexity index is 796. The van der Waals surface area contributed by atoms with Gasteiger partial charge in [-0.2, -0.15) is 0 Å². The van der Waals surface area contributed by atoms with Gasteiger partial charge in [0, 0.05) is 20.8 Å². The minimum absolute atomic E-state index is 0. The largest absolute Gasteiger partial charge is 1.00 e. The molecule has 0 aliphatic carbocycles. The van der Waals surface area contributed by atoms with Crippen LogP contribution in [0.3, 0.4) is 0 Å². The predicted octanol–water partition coefficient (Wildman–Crippen LogP) is -5.77. The summed E-state index contributed by atoms with van der Waals surface area (Å²) in [5.41, 5.74) is -1.19. The summed E-state index contributed by atoms with van der Waals surface area (Å²) in [6, 6.07) is 2.21. The molecule has 8 nitrogen and oxygen atoms in total. The van der Waals surface area contributed by atoms with Crippen LogP contribution in [0.4, 0.5) is 0 Å². The normalized spacial score (nSPS) is 13.0. The number of hydrogen-bond donors (Lipinski definition) is 0. The molecule has 0 amide bonds. The van der Waals surface area contributed by atoms with Gasteiger partial charge in [-0.1, -0.05) is 0 Å². The molecule has 23 heavy (non-hydrogen) atoms. The smallest absolute Gasteiger partial charge is 0.744 e. The Hall–Kier alpha value is 0.510. The maximum absolute atomic E-state index is 11.8. The summed E-state index contributed by atoms with van der Waals surface area (Å²) in [7, 11) is -9.98. The average molecular weight is 381 g/mol. The third-order valence-electron chi connectivity index (χ3n) is 2.46. The van der Waals surface area contributed by atoms with E-state index in [-0.39, 0.29) is 64.7 Å². The first-order valence-electron chi connectivity index (χ1n) is 5.60. The summed E-state index contributed by atoms with van der Waals surface area (Å²) in [5, 5.41) is 11.8. The van der Waals surface area contributed by atoms with Gasteiger partial charge in [0.15, 0.2) is 11.8 Å². The second-order valence-electron chi connectivity index (χ2n) is 5.23. The summed E-state index contributed by atoms with van der Waals surface area (Å²) in [6.07, 6.45) is 0.853. The van der Waals surface area contributed by atoms with Gasteiger partial charge in [-0.25, -0.2) is 21.6 Å². The summed E-state index contributed by atoms with van der Waals surface area (Å²) >= 11 is 0. The molecular weight excluding hydrogens is 368 g/mol. The minimum atomic E-state index is -5.06. The van der Waals surface area contributed by atoms with Crippen LogP contribution in [0.2, 0.25) is 0 Å². The van der Waals surface area contributed by atoms with Gasteiger partial charge in [-0.05, 0) is 18.2 Å². The molecule has 0 radical (unpaired) electrons. The van der Waals surface area contributed by atoms with E-state index in [2.05, 4.69) is 0 Å². The topological polar surface area (TPSA) is 140 Å². The van der Waals surface area contributed by atoms with Gasteiger partial charge in [0.25, 0.3) is 0 Å². The van der Waals surface area contributed by atoms with Crippen LogP contribution in [0.1, 0.15) is 26.3 Å². The van der Waals surface area contributed by atoms with E-state index in [0.29, 0.717) is 10.8 Å². The van der Waals surface area contributed by atoms with E-state index in [9.17, 15) is 31.1 Å². The number of nitrogens with zero attached hydrogens (tertiary/aromatic N) is 1. The summed E-state index contributed by atoms with van der Waals surface area (Å²) in [5.74, 6) is 0. The summed E-state index contributed by atoms with van der Waals surface area (Å²) < 4.78 is 66.5. The Morgan fingerprint density at radius 3 is 1.83 bits per heavy atom. The molecule has 0 saturated carbocycles. The van der Waals surface area contributed by atoms with Crippen LogP contribution >= 0.6 is 0 Å². The van der Waals surface area contributed by atoms with Crippen LogP contribution in [-0.4, -0.2) is 42.4 Å². The van der Waals surface area contributed by atoms with Crippen LogP contribution in [0.5, 0.6) is 0 Å². The summed E-state index contributed by atoms with van der Waals surface area (Å²) in [4.78, 5) is -1.80. The van der Waals surface area contributed by atoms with Gasteiger partial charge in [-0.3, -0.25) is 0 Å². The standard InChI is InChI=1S/C11H15NO7S2.2Na/c1-11(2,3)12(13)7-8-4-5-9(20(14,15)16)6-10(8)21(17,18)19;;/h4-7H,1-3H3,(H,14,15,16)(H,17,18,19);;/q;2*+1/p-2/b12-7-;;. The molecular formula is C11H13NNa2O7S2. The van der Waals surface area contributed by atoms with Crippen molar-refractivity contribution in [2.24, 2.45) is 0 Å². The molecule has 0 saturated heterocycles. The summed E-state index contributed by atoms with van der Waals surface area (Å²) in [6.45, 7) is 4.66. The molecule has 0 unspecified atom stereocenters. The maximum Gasteiger partial charge on any atom is 1.00 e. The molecule has 118 valence electrons. The van der Waals surface area contributed by atoms with Crippen LogP contribution in [0.15, 0.2) is 28.0 Å². The number of hydroxylamine groups is 1. The van der Waals surface area contributed by atoms with Crippen molar-refractivity contribution < 1.29 is 89.8 Å². The number of hydrogen-bond acceptors (Lipinski definition) is 7. The van der Waals surface area contributed by atoms with Crippen LogP contribution < -0.4 is 59.1 Å². The molecule has 12 heteroatoms. The molecule has 0 bridgehead atoms. The number of benzene rings is 1. The van der Waals surface area contributed by atoms with Gasteiger partial charge in [-0.15, -0.1) is 0 Å². The van der Waals surface area contributed by atoms with E-state index in [1.807, 2.05) is 0 Å². The fraction of sp³-hybridized carbons (Fsp3) is 0.364. The third-order valence-corrected chi connectivity index (χ3v) is 4.18. The SMILES string of the molecule is CC(C)(C)/[N+]([O-])=C/c1ccc(S(=O)(=O)[O-])cc1S(=O)(=O)[O-].[Na+].[Na+]. The Balaban J connectivity index is 0. The molecule has 0 aliphatic rings. The van der Waals surface area contributed by atoms with Crippen LogP contribution in [-0.2, 0) is 20.2 Å². The van der Waals surface area contributed by atoms with Gasteiger partial charge < -0.3 is 14.3 Å². The van der Waals surface area contributed by atoms with E-state index in [1.165, 1.54) is 0 Å². The van der Waals surface area contributed by atoms with Crippen molar-refractivity contribution in [3.63, 3.8) is 0 Å². The first-order chi connectivity index (χ1) is 9.23. The Labute approximate surface area is 179 Å². The van der Waals surface area contributed by atoms with Crippen LogP contribution in [0.25, 0.3) is 0 Å². The maximum atomic E-state index is 11.8. The molecule has 0 aliphatic heterocycles. The zero-order valence-electron chi connectivity index (χ0n) is 13.4. The van der Waals surface area contributed by atoms with Crippen molar-refractivity contribution in [2.45, 2.75) is 36.1 Å². The third kappa shape index (κ3) is 7.51. The first-order valence-corrected chi connectivity index (χ1v) is 8.42. The molecule has 1 aromatic carbocycles. The van der Waals surface area contributed by atoms with E-state index in [4.69, 9.17) is 0 Å². The monoisotopic (exact) mass is 381 g/mol. The van der Waals surface area contributed by atoms with Gasteiger partial charge in [0.1, 0.15) is 20.2 Å². The van der Waals surface area contributed by atoms with Crippen LogP contribution in [0, 0.1) is 5.21 Å². The second kappa shape index (κ2) is 8.75. The van der Waals surface area contributed by atoms with E-state index >= 15 is 0 Å².